The number of nitrogens with zero attached hydrogens (tertiary/aromatic N) is 1. The molecule has 2 rings (SSSR count). The Morgan fingerprint density at radius 1 is 1.15 bits per heavy atom. The van der Waals surface area contributed by atoms with Crippen molar-refractivity contribution in [1.29, 1.82) is 0 Å². The monoisotopic (exact) mass is 274 g/mol. The van der Waals surface area contributed by atoms with Crippen LogP contribution in [0.25, 0.3) is 0 Å². The Bertz CT molecular complexity index is 426. The number of piperidine rings is 1. The maximum absolute atomic E-state index is 6.53. The van der Waals surface area contributed by atoms with Gasteiger partial charge in [-0.3, -0.25) is 4.90 Å². The van der Waals surface area contributed by atoms with Crippen LogP contribution in [0.15, 0.2) is 24.3 Å². The van der Waals surface area contributed by atoms with Crippen LogP contribution in [0.1, 0.15) is 51.3 Å². The van der Waals surface area contributed by atoms with Crippen LogP contribution in [0.4, 0.5) is 0 Å². The van der Waals surface area contributed by atoms with Crippen molar-refractivity contribution >= 4 is 0 Å². The fourth-order valence-electron chi connectivity index (χ4n) is 3.57. The zero-order chi connectivity index (χ0) is 14.9. The zero-order valence-corrected chi connectivity index (χ0v) is 13.6. The quantitative estimate of drug-likeness (QED) is 0.909. The standard InChI is InChI=1S/C18H30N2/c1-12-6-8-17(9-7-12)18(19)16(5)20-11-13(2)10-14(3)15(20)4/h6-9,13-16,18H,10-11,19H2,1-5H3. The van der Waals surface area contributed by atoms with E-state index < -0.39 is 0 Å². The summed E-state index contributed by atoms with van der Waals surface area (Å²) >= 11 is 0. The van der Waals surface area contributed by atoms with Gasteiger partial charge in [0.15, 0.2) is 0 Å². The number of likely N-dealkylation sites (tertiary alicyclic amines) is 1. The van der Waals surface area contributed by atoms with Gasteiger partial charge in [-0.15, -0.1) is 0 Å². The van der Waals surface area contributed by atoms with E-state index in [2.05, 4.69) is 63.8 Å². The van der Waals surface area contributed by atoms with Crippen molar-refractivity contribution in [2.75, 3.05) is 6.54 Å². The van der Waals surface area contributed by atoms with Crippen LogP contribution in [0.5, 0.6) is 0 Å². The zero-order valence-electron chi connectivity index (χ0n) is 13.6. The van der Waals surface area contributed by atoms with Gasteiger partial charge in [-0.25, -0.2) is 0 Å². The fraction of sp³-hybridized carbons (Fsp3) is 0.667. The summed E-state index contributed by atoms with van der Waals surface area (Å²) in [5.41, 5.74) is 9.08. The molecule has 0 aromatic heterocycles. The average Bonchev–Trinajstić information content (AvgIpc) is 2.42. The summed E-state index contributed by atoms with van der Waals surface area (Å²) in [6, 6.07) is 9.78. The first-order chi connectivity index (χ1) is 9.40. The van der Waals surface area contributed by atoms with Gasteiger partial charge in [-0.05, 0) is 44.6 Å². The molecule has 1 heterocycles. The van der Waals surface area contributed by atoms with Gasteiger partial charge in [-0.2, -0.15) is 0 Å². The van der Waals surface area contributed by atoms with Crippen molar-refractivity contribution in [1.82, 2.24) is 4.90 Å². The van der Waals surface area contributed by atoms with E-state index in [1.54, 1.807) is 0 Å². The first-order valence-corrected chi connectivity index (χ1v) is 7.98. The van der Waals surface area contributed by atoms with Gasteiger partial charge in [0.1, 0.15) is 0 Å². The van der Waals surface area contributed by atoms with Crippen LogP contribution in [-0.4, -0.2) is 23.5 Å². The molecule has 2 heteroatoms. The summed E-state index contributed by atoms with van der Waals surface area (Å²) in [4.78, 5) is 2.61. The van der Waals surface area contributed by atoms with Crippen molar-refractivity contribution in [2.24, 2.45) is 17.6 Å². The van der Waals surface area contributed by atoms with Gasteiger partial charge < -0.3 is 5.73 Å². The minimum atomic E-state index is 0.0931. The molecule has 1 aliphatic heterocycles. The van der Waals surface area contributed by atoms with E-state index >= 15 is 0 Å². The number of rotatable bonds is 3. The number of aryl methyl sites for hydroxylation is 1. The van der Waals surface area contributed by atoms with E-state index in [1.807, 2.05) is 0 Å². The van der Waals surface area contributed by atoms with E-state index in [9.17, 15) is 0 Å². The highest BCUT2D eigenvalue weighted by Gasteiger charge is 2.33. The summed E-state index contributed by atoms with van der Waals surface area (Å²) in [6.45, 7) is 12.7. The maximum Gasteiger partial charge on any atom is 0.0450 e. The topological polar surface area (TPSA) is 29.3 Å². The summed E-state index contributed by atoms with van der Waals surface area (Å²) < 4.78 is 0. The van der Waals surface area contributed by atoms with Crippen molar-refractivity contribution < 1.29 is 0 Å². The summed E-state index contributed by atoms with van der Waals surface area (Å²) in [5.74, 6) is 1.53. The molecule has 0 bridgehead atoms. The molecule has 112 valence electrons. The second kappa shape index (κ2) is 6.28. The first-order valence-electron chi connectivity index (χ1n) is 7.98. The third-order valence-corrected chi connectivity index (χ3v) is 5.15. The molecule has 1 aromatic carbocycles. The summed E-state index contributed by atoms with van der Waals surface area (Å²) in [7, 11) is 0. The molecule has 20 heavy (non-hydrogen) atoms. The van der Waals surface area contributed by atoms with Crippen molar-refractivity contribution in [2.45, 2.75) is 59.2 Å². The molecule has 5 unspecified atom stereocenters. The molecule has 2 nitrogen and oxygen atoms in total. The predicted molar refractivity (Wildman–Crippen MR) is 86.7 cm³/mol. The first kappa shape index (κ1) is 15.5. The summed E-state index contributed by atoms with van der Waals surface area (Å²) in [6.07, 6.45) is 1.34. The molecule has 5 atom stereocenters. The van der Waals surface area contributed by atoms with E-state index in [-0.39, 0.29) is 6.04 Å². The third-order valence-electron chi connectivity index (χ3n) is 5.15. The average molecular weight is 274 g/mol. The van der Waals surface area contributed by atoms with Gasteiger partial charge in [0.05, 0.1) is 0 Å². The highest BCUT2D eigenvalue weighted by atomic mass is 15.2. The summed E-state index contributed by atoms with van der Waals surface area (Å²) in [5, 5.41) is 0. The molecule has 0 saturated carbocycles. The normalized spacial score (nSPS) is 31.0. The Hall–Kier alpha value is -0.860. The van der Waals surface area contributed by atoms with Crippen molar-refractivity contribution in [3.05, 3.63) is 35.4 Å². The molecule has 2 N–H and O–H groups in total. The van der Waals surface area contributed by atoms with Crippen LogP contribution in [0, 0.1) is 18.8 Å². The smallest absolute Gasteiger partial charge is 0.0450 e. The van der Waals surface area contributed by atoms with Gasteiger partial charge >= 0.3 is 0 Å². The number of hydrogen-bond acceptors (Lipinski definition) is 2. The Labute approximate surface area is 124 Å². The van der Waals surface area contributed by atoms with Crippen LogP contribution in [-0.2, 0) is 0 Å². The molecule has 1 aromatic rings. The minimum absolute atomic E-state index is 0.0931. The largest absolute Gasteiger partial charge is 0.323 e. The SMILES string of the molecule is Cc1ccc(C(N)C(C)N2CC(C)CC(C)C2C)cc1. The van der Waals surface area contributed by atoms with E-state index in [1.165, 1.54) is 24.1 Å². The van der Waals surface area contributed by atoms with E-state index in [0.29, 0.717) is 12.1 Å². The minimum Gasteiger partial charge on any atom is -0.323 e. The number of benzene rings is 1. The second-order valence-corrected chi connectivity index (χ2v) is 6.93. The lowest BCUT2D eigenvalue weighted by molar-refractivity contribution is 0.0369. The van der Waals surface area contributed by atoms with Gasteiger partial charge in [0.2, 0.25) is 0 Å². The highest BCUT2D eigenvalue weighted by Crippen LogP contribution is 2.31. The molecule has 1 saturated heterocycles. The Kier molecular flexibility index (Phi) is 4.87. The molecular formula is C18H30N2. The molecule has 1 fully saturated rings. The predicted octanol–water partition coefficient (Wildman–Crippen LogP) is 3.75. The van der Waals surface area contributed by atoms with E-state index in [4.69, 9.17) is 5.73 Å². The molecule has 1 aliphatic rings. The molecule has 0 amide bonds. The van der Waals surface area contributed by atoms with Crippen LogP contribution in [0.3, 0.4) is 0 Å². The maximum atomic E-state index is 6.53. The van der Waals surface area contributed by atoms with Crippen molar-refractivity contribution in [3.63, 3.8) is 0 Å². The van der Waals surface area contributed by atoms with Crippen LogP contribution >= 0.6 is 0 Å². The van der Waals surface area contributed by atoms with Crippen LogP contribution < -0.4 is 5.73 Å². The van der Waals surface area contributed by atoms with Crippen molar-refractivity contribution in [3.8, 4) is 0 Å². The lowest BCUT2D eigenvalue weighted by Crippen LogP contribution is -2.52. The van der Waals surface area contributed by atoms with Gasteiger partial charge in [0, 0.05) is 24.7 Å². The Morgan fingerprint density at radius 2 is 1.75 bits per heavy atom. The number of hydrogen-bond donors (Lipinski definition) is 1. The molecule has 0 spiro atoms. The lowest BCUT2D eigenvalue weighted by atomic mass is 9.84. The lowest BCUT2D eigenvalue weighted by Gasteiger charge is -2.46. The van der Waals surface area contributed by atoms with E-state index in [0.717, 1.165) is 11.8 Å². The number of nitrogens with two attached hydrogens (primary N) is 1. The Balaban J connectivity index is 2.12. The van der Waals surface area contributed by atoms with Crippen LogP contribution in [0.2, 0.25) is 0 Å². The highest BCUT2D eigenvalue weighted by molar-refractivity contribution is 5.25. The third kappa shape index (κ3) is 3.24. The fourth-order valence-corrected chi connectivity index (χ4v) is 3.57. The second-order valence-electron chi connectivity index (χ2n) is 6.93. The van der Waals surface area contributed by atoms with Gasteiger partial charge in [-0.1, -0.05) is 43.7 Å². The Morgan fingerprint density at radius 3 is 2.35 bits per heavy atom. The molecule has 0 aliphatic carbocycles. The molecule has 0 radical (unpaired) electrons. The molecular weight excluding hydrogens is 244 g/mol. The van der Waals surface area contributed by atoms with Gasteiger partial charge in [0.25, 0.3) is 0 Å².